The van der Waals surface area contributed by atoms with Crippen LogP contribution in [0.1, 0.15) is 0 Å². The Labute approximate surface area is 149 Å². The second kappa shape index (κ2) is 9.85. The number of nitrogens with zero attached hydrogens (tertiary/aromatic N) is 3. The normalized spacial score (nSPS) is 10.7. The first kappa shape index (κ1) is 19.9. The standard InChI is InChI=1S/C9H5Br2N3O.C4H11NO3/c10-6-2-1-3-7(9(6)11)15-8-4-5-12-14-13-8;5-4(1-6,2-7)3-8/h1-5H;6-8H,1-3,5H2. The molecule has 0 aliphatic rings. The van der Waals surface area contributed by atoms with Crippen molar-refractivity contribution in [1.82, 2.24) is 15.4 Å². The van der Waals surface area contributed by atoms with E-state index in [1.165, 1.54) is 6.20 Å². The van der Waals surface area contributed by atoms with Crippen molar-refractivity contribution in [3.63, 3.8) is 0 Å². The van der Waals surface area contributed by atoms with Gasteiger partial charge < -0.3 is 25.8 Å². The Hall–Kier alpha value is -1.17. The third kappa shape index (κ3) is 6.45. The zero-order valence-corrected chi connectivity index (χ0v) is 15.1. The number of aromatic nitrogens is 3. The van der Waals surface area contributed by atoms with Crippen LogP contribution in [0.2, 0.25) is 0 Å². The Kier molecular flexibility index (Phi) is 8.52. The van der Waals surface area contributed by atoms with Gasteiger partial charge in [-0.3, -0.25) is 0 Å². The maximum Gasteiger partial charge on any atom is 0.242 e. The van der Waals surface area contributed by atoms with Crippen molar-refractivity contribution in [1.29, 1.82) is 0 Å². The molecule has 5 N–H and O–H groups in total. The van der Waals surface area contributed by atoms with Crippen LogP contribution in [0.4, 0.5) is 0 Å². The fourth-order valence-corrected chi connectivity index (χ4v) is 1.80. The van der Waals surface area contributed by atoms with Crippen LogP contribution in [-0.4, -0.2) is 56.1 Å². The summed E-state index contributed by atoms with van der Waals surface area (Å²) in [5.74, 6) is 1.08. The van der Waals surface area contributed by atoms with Gasteiger partial charge in [0.25, 0.3) is 0 Å². The summed E-state index contributed by atoms with van der Waals surface area (Å²) in [5.41, 5.74) is 3.94. The highest BCUT2D eigenvalue weighted by atomic mass is 79.9. The zero-order chi connectivity index (χ0) is 17.3. The number of ether oxygens (including phenoxy) is 1. The largest absolute Gasteiger partial charge is 0.436 e. The van der Waals surface area contributed by atoms with E-state index in [4.69, 9.17) is 25.8 Å². The molecule has 1 aromatic heterocycles. The summed E-state index contributed by atoms with van der Waals surface area (Å²) < 4.78 is 7.25. The minimum absolute atomic E-state index is 0.403. The van der Waals surface area contributed by atoms with Crippen LogP contribution < -0.4 is 10.5 Å². The second-order valence-corrected chi connectivity index (χ2v) is 6.10. The molecule has 1 heterocycles. The van der Waals surface area contributed by atoms with Crippen molar-refractivity contribution in [2.75, 3.05) is 19.8 Å². The zero-order valence-electron chi connectivity index (χ0n) is 11.9. The number of nitrogens with two attached hydrogens (primary N) is 1. The highest BCUT2D eigenvalue weighted by Crippen LogP contribution is 2.34. The molecular formula is C13H16Br2N4O4. The number of hydrogen-bond donors (Lipinski definition) is 4. The summed E-state index contributed by atoms with van der Waals surface area (Å²) in [6.07, 6.45) is 1.52. The Balaban J connectivity index is 0.000000284. The van der Waals surface area contributed by atoms with Crippen LogP contribution in [-0.2, 0) is 0 Å². The first-order chi connectivity index (χ1) is 11.0. The number of aliphatic hydroxyl groups excluding tert-OH is 3. The molecule has 10 heteroatoms. The van der Waals surface area contributed by atoms with Gasteiger partial charge in [-0.2, -0.15) is 0 Å². The Morgan fingerprint density at radius 3 is 2.22 bits per heavy atom. The van der Waals surface area contributed by atoms with Crippen LogP contribution in [0.15, 0.2) is 39.4 Å². The summed E-state index contributed by atoms with van der Waals surface area (Å²) in [6, 6.07) is 7.26. The number of benzene rings is 1. The third-order valence-corrected chi connectivity index (χ3v) is 4.56. The van der Waals surface area contributed by atoms with Gasteiger partial charge >= 0.3 is 0 Å². The van der Waals surface area contributed by atoms with Gasteiger partial charge in [-0.05, 0) is 49.2 Å². The molecule has 2 rings (SSSR count). The van der Waals surface area contributed by atoms with Gasteiger partial charge in [0.2, 0.25) is 5.88 Å². The van der Waals surface area contributed by atoms with Crippen molar-refractivity contribution in [3.05, 3.63) is 39.4 Å². The number of rotatable bonds is 5. The number of halogens is 2. The van der Waals surface area contributed by atoms with Crippen LogP contribution in [0.5, 0.6) is 11.6 Å². The molecule has 0 saturated carbocycles. The molecule has 126 valence electrons. The average molecular weight is 452 g/mol. The van der Waals surface area contributed by atoms with Crippen LogP contribution in [0, 0.1) is 0 Å². The van der Waals surface area contributed by atoms with E-state index < -0.39 is 25.4 Å². The van der Waals surface area contributed by atoms with Crippen molar-refractivity contribution < 1.29 is 20.1 Å². The lowest BCUT2D eigenvalue weighted by Crippen LogP contribution is -2.50. The van der Waals surface area contributed by atoms with Crippen molar-refractivity contribution in [2.24, 2.45) is 5.73 Å². The molecule has 2 aromatic rings. The Morgan fingerprint density at radius 2 is 1.74 bits per heavy atom. The molecule has 0 atom stereocenters. The SMILES string of the molecule is Brc1cccc(Oc2ccnnn2)c1Br.NC(CO)(CO)CO. The summed E-state index contributed by atoms with van der Waals surface area (Å²) in [7, 11) is 0. The highest BCUT2D eigenvalue weighted by molar-refractivity contribution is 9.13. The van der Waals surface area contributed by atoms with E-state index in [2.05, 4.69) is 47.3 Å². The smallest absolute Gasteiger partial charge is 0.242 e. The number of aliphatic hydroxyl groups is 3. The minimum Gasteiger partial charge on any atom is -0.436 e. The fraction of sp³-hybridized carbons (Fsp3) is 0.308. The van der Waals surface area contributed by atoms with E-state index in [-0.39, 0.29) is 0 Å². The predicted molar refractivity (Wildman–Crippen MR) is 89.9 cm³/mol. The quantitative estimate of drug-likeness (QED) is 0.525. The minimum atomic E-state index is -1.21. The van der Waals surface area contributed by atoms with E-state index in [0.717, 1.165) is 8.95 Å². The van der Waals surface area contributed by atoms with Crippen molar-refractivity contribution >= 4 is 31.9 Å². The average Bonchev–Trinajstić information content (AvgIpc) is 2.60. The molecule has 0 amide bonds. The monoisotopic (exact) mass is 450 g/mol. The maximum absolute atomic E-state index is 8.34. The first-order valence-electron chi connectivity index (χ1n) is 6.33. The van der Waals surface area contributed by atoms with E-state index in [9.17, 15) is 0 Å². The maximum atomic E-state index is 8.34. The van der Waals surface area contributed by atoms with Crippen molar-refractivity contribution in [2.45, 2.75) is 5.54 Å². The first-order valence-corrected chi connectivity index (χ1v) is 7.92. The van der Waals surface area contributed by atoms with Gasteiger partial charge in [0.05, 0.1) is 36.0 Å². The molecule has 0 saturated heterocycles. The van der Waals surface area contributed by atoms with Gasteiger partial charge in [-0.15, -0.1) is 5.10 Å². The van der Waals surface area contributed by atoms with E-state index in [0.29, 0.717) is 11.6 Å². The lowest BCUT2D eigenvalue weighted by molar-refractivity contribution is 0.0698. The van der Waals surface area contributed by atoms with Gasteiger partial charge in [0, 0.05) is 10.5 Å². The van der Waals surface area contributed by atoms with Crippen LogP contribution in [0.3, 0.4) is 0 Å². The summed E-state index contributed by atoms with van der Waals surface area (Å²) in [4.78, 5) is 0. The molecule has 0 fully saturated rings. The van der Waals surface area contributed by atoms with Gasteiger partial charge in [0.1, 0.15) is 5.75 Å². The lowest BCUT2D eigenvalue weighted by Gasteiger charge is -2.20. The van der Waals surface area contributed by atoms with Gasteiger partial charge in [-0.25, -0.2) is 0 Å². The molecule has 0 unspecified atom stereocenters. The molecule has 1 aromatic carbocycles. The predicted octanol–water partition coefficient (Wildman–Crippen LogP) is 0.850. The van der Waals surface area contributed by atoms with E-state index in [1.54, 1.807) is 6.07 Å². The van der Waals surface area contributed by atoms with Gasteiger partial charge in [0.15, 0.2) is 0 Å². The topological polar surface area (TPSA) is 135 Å². The van der Waals surface area contributed by atoms with Crippen molar-refractivity contribution in [3.8, 4) is 11.6 Å². The van der Waals surface area contributed by atoms with E-state index >= 15 is 0 Å². The van der Waals surface area contributed by atoms with Crippen LogP contribution >= 0.6 is 31.9 Å². The molecule has 8 nitrogen and oxygen atoms in total. The second-order valence-electron chi connectivity index (χ2n) is 4.45. The van der Waals surface area contributed by atoms with Crippen LogP contribution in [0.25, 0.3) is 0 Å². The lowest BCUT2D eigenvalue weighted by atomic mass is 10.1. The number of hydrogen-bond acceptors (Lipinski definition) is 8. The molecule has 0 aliphatic carbocycles. The summed E-state index contributed by atoms with van der Waals surface area (Å²) in [6.45, 7) is -1.21. The summed E-state index contributed by atoms with van der Waals surface area (Å²) >= 11 is 6.79. The molecule has 23 heavy (non-hydrogen) atoms. The van der Waals surface area contributed by atoms with Gasteiger partial charge in [-0.1, -0.05) is 11.2 Å². The molecular weight excluding hydrogens is 436 g/mol. The third-order valence-electron chi connectivity index (χ3n) is 2.55. The Bertz CT molecular complexity index is 592. The van der Waals surface area contributed by atoms with E-state index in [1.807, 2.05) is 18.2 Å². The Morgan fingerprint density at radius 1 is 1.09 bits per heavy atom. The molecule has 0 radical (unpaired) electrons. The molecule has 0 spiro atoms. The summed E-state index contributed by atoms with van der Waals surface area (Å²) in [5, 5.41) is 35.8. The highest BCUT2D eigenvalue weighted by Gasteiger charge is 2.20. The molecule has 0 bridgehead atoms. The fourth-order valence-electron chi connectivity index (χ4n) is 1.11. The molecule has 0 aliphatic heterocycles.